The smallest absolute Gasteiger partial charge is 0.255 e. The predicted octanol–water partition coefficient (Wildman–Crippen LogP) is 2.70. The van der Waals surface area contributed by atoms with Crippen LogP contribution in [0.3, 0.4) is 0 Å². The number of rotatable bonds is 9. The Morgan fingerprint density at radius 1 is 1.14 bits per heavy atom. The number of sulfonamides is 1. The van der Waals surface area contributed by atoms with E-state index in [9.17, 15) is 18.3 Å². The van der Waals surface area contributed by atoms with Gasteiger partial charge in [-0.25, -0.2) is 13.1 Å². The molecule has 0 saturated heterocycles. The second-order valence-corrected chi connectivity index (χ2v) is 8.79. The van der Waals surface area contributed by atoms with Crippen LogP contribution in [0.2, 0.25) is 5.02 Å². The highest BCUT2D eigenvalue weighted by atomic mass is 35.5. The van der Waals surface area contributed by atoms with Crippen molar-refractivity contribution >= 4 is 27.5 Å². The first-order chi connectivity index (χ1) is 13.2. The fraction of sp³-hybridized carbons (Fsp3) is 0.350. The van der Waals surface area contributed by atoms with Gasteiger partial charge in [0.15, 0.2) is 0 Å². The molecular formula is C20H25ClN2O4S. The lowest BCUT2D eigenvalue weighted by Crippen LogP contribution is -2.36. The maximum absolute atomic E-state index is 13.0. The fourth-order valence-electron chi connectivity index (χ4n) is 2.73. The van der Waals surface area contributed by atoms with Crippen LogP contribution in [0, 0.1) is 0 Å². The molecular weight excluding hydrogens is 400 g/mol. The van der Waals surface area contributed by atoms with E-state index in [1.54, 1.807) is 13.8 Å². The lowest BCUT2D eigenvalue weighted by Gasteiger charge is -2.23. The largest absolute Gasteiger partial charge is 0.395 e. The Balaban J connectivity index is 2.27. The molecule has 0 radical (unpaired) electrons. The summed E-state index contributed by atoms with van der Waals surface area (Å²) in [6, 6.07) is 13.4. The van der Waals surface area contributed by atoms with Crippen molar-refractivity contribution in [3.63, 3.8) is 0 Å². The van der Waals surface area contributed by atoms with Gasteiger partial charge >= 0.3 is 0 Å². The highest BCUT2D eigenvalue weighted by Crippen LogP contribution is 2.22. The summed E-state index contributed by atoms with van der Waals surface area (Å²) in [5.74, 6) is -0.420. The molecule has 0 heterocycles. The Labute approximate surface area is 171 Å². The van der Waals surface area contributed by atoms with Crippen LogP contribution in [-0.2, 0) is 16.4 Å². The number of nitrogens with one attached hydrogen (secondary N) is 1. The molecule has 1 amide bonds. The Morgan fingerprint density at radius 3 is 2.43 bits per heavy atom. The lowest BCUT2D eigenvalue weighted by molar-refractivity contribution is 0.0724. The van der Waals surface area contributed by atoms with Gasteiger partial charge in [-0.2, -0.15) is 0 Å². The third-order valence-corrected chi connectivity index (χ3v) is 6.03. The number of aliphatic hydroxyl groups is 1. The molecule has 0 spiro atoms. The molecule has 28 heavy (non-hydrogen) atoms. The number of hydrogen-bond acceptors (Lipinski definition) is 4. The molecule has 2 N–H and O–H groups in total. The molecule has 0 aliphatic rings. The van der Waals surface area contributed by atoms with Crippen LogP contribution in [-0.4, -0.2) is 50.1 Å². The molecule has 152 valence electrons. The summed E-state index contributed by atoms with van der Waals surface area (Å²) in [6.45, 7) is 3.73. The van der Waals surface area contributed by atoms with Crippen LogP contribution in [0.4, 0.5) is 0 Å². The number of aliphatic hydroxyl groups excluding tert-OH is 1. The maximum Gasteiger partial charge on any atom is 0.255 e. The minimum Gasteiger partial charge on any atom is -0.395 e. The molecule has 0 aromatic heterocycles. The van der Waals surface area contributed by atoms with E-state index >= 15 is 0 Å². The maximum atomic E-state index is 13.0. The number of halogens is 1. The summed E-state index contributed by atoms with van der Waals surface area (Å²) < 4.78 is 27.3. The average Bonchev–Trinajstić information content (AvgIpc) is 2.64. The third-order valence-electron chi connectivity index (χ3n) is 4.04. The quantitative estimate of drug-likeness (QED) is 0.648. The summed E-state index contributed by atoms with van der Waals surface area (Å²) in [6.07, 6.45) is 0.608. The molecule has 2 aromatic carbocycles. The molecule has 6 nitrogen and oxygen atoms in total. The Kier molecular flexibility index (Phi) is 8.00. The van der Waals surface area contributed by atoms with Crippen molar-refractivity contribution in [3.05, 3.63) is 64.7 Å². The van der Waals surface area contributed by atoms with Gasteiger partial charge in [-0.05, 0) is 44.0 Å². The molecule has 0 bridgehead atoms. The zero-order chi connectivity index (χ0) is 20.7. The Bertz CT molecular complexity index is 902. The van der Waals surface area contributed by atoms with Crippen molar-refractivity contribution in [3.8, 4) is 0 Å². The van der Waals surface area contributed by atoms with Crippen molar-refractivity contribution in [2.75, 3.05) is 19.7 Å². The lowest BCUT2D eigenvalue weighted by atomic mass is 10.1. The van der Waals surface area contributed by atoms with Crippen molar-refractivity contribution in [2.24, 2.45) is 0 Å². The zero-order valence-electron chi connectivity index (χ0n) is 15.9. The van der Waals surface area contributed by atoms with Crippen molar-refractivity contribution < 1.29 is 18.3 Å². The number of benzene rings is 2. The summed E-state index contributed by atoms with van der Waals surface area (Å²) in [5.41, 5.74) is 1.15. The number of amides is 1. The van der Waals surface area contributed by atoms with Crippen LogP contribution in [0.1, 0.15) is 29.8 Å². The molecule has 8 heteroatoms. The topological polar surface area (TPSA) is 86.7 Å². The molecule has 0 aliphatic carbocycles. The Hall–Kier alpha value is -1.93. The molecule has 2 aromatic rings. The highest BCUT2D eigenvalue weighted by molar-refractivity contribution is 7.89. The third kappa shape index (κ3) is 6.04. The van der Waals surface area contributed by atoms with Gasteiger partial charge < -0.3 is 10.0 Å². The summed E-state index contributed by atoms with van der Waals surface area (Å²) >= 11 is 6.18. The van der Waals surface area contributed by atoms with Crippen LogP contribution in [0.15, 0.2) is 53.4 Å². The van der Waals surface area contributed by atoms with Crippen molar-refractivity contribution in [2.45, 2.75) is 31.2 Å². The van der Waals surface area contributed by atoms with E-state index in [4.69, 9.17) is 11.6 Å². The summed E-state index contributed by atoms with van der Waals surface area (Å²) in [4.78, 5) is 14.4. The van der Waals surface area contributed by atoms with Crippen molar-refractivity contribution in [1.29, 1.82) is 0 Å². The first-order valence-corrected chi connectivity index (χ1v) is 10.9. The van der Waals surface area contributed by atoms with E-state index in [1.807, 2.05) is 30.3 Å². The van der Waals surface area contributed by atoms with Crippen LogP contribution in [0.5, 0.6) is 0 Å². The molecule has 0 fully saturated rings. The molecule has 0 aliphatic heterocycles. The van der Waals surface area contributed by atoms with Gasteiger partial charge in [-0.15, -0.1) is 0 Å². The SMILES string of the molecule is CC(C)NS(=O)(=O)c1ccc(Cl)c(C(=O)N(CCO)CCc2ccccc2)c1. The van der Waals surface area contributed by atoms with Gasteiger partial charge in [-0.1, -0.05) is 41.9 Å². The number of carbonyl (C=O) groups is 1. The number of carbonyl (C=O) groups excluding carboxylic acids is 1. The minimum atomic E-state index is -3.75. The van der Waals surface area contributed by atoms with E-state index in [2.05, 4.69) is 4.72 Å². The predicted molar refractivity (Wildman–Crippen MR) is 110 cm³/mol. The minimum absolute atomic E-state index is 0.0269. The second kappa shape index (κ2) is 10.0. The van der Waals surface area contributed by atoms with Crippen molar-refractivity contribution in [1.82, 2.24) is 9.62 Å². The van der Waals surface area contributed by atoms with Crippen LogP contribution >= 0.6 is 11.6 Å². The number of hydrogen-bond donors (Lipinski definition) is 2. The standard InChI is InChI=1S/C20H25ClN2O4S/c1-15(2)22-28(26,27)17-8-9-19(21)18(14-17)20(25)23(12-13-24)11-10-16-6-4-3-5-7-16/h3-9,14-15,22,24H,10-13H2,1-2H3. The Morgan fingerprint density at radius 2 is 1.82 bits per heavy atom. The van der Waals surface area contributed by atoms with Gasteiger partial charge in [0.2, 0.25) is 10.0 Å². The molecule has 0 saturated carbocycles. The van der Waals surface area contributed by atoms with E-state index in [1.165, 1.54) is 23.1 Å². The average molecular weight is 425 g/mol. The normalized spacial score (nSPS) is 11.6. The van der Waals surface area contributed by atoms with Crippen LogP contribution in [0.25, 0.3) is 0 Å². The second-order valence-electron chi connectivity index (χ2n) is 6.67. The summed E-state index contributed by atoms with van der Waals surface area (Å²) in [5, 5.41) is 9.51. The monoisotopic (exact) mass is 424 g/mol. The summed E-state index contributed by atoms with van der Waals surface area (Å²) in [7, 11) is -3.75. The molecule has 2 rings (SSSR count). The molecule has 0 atom stereocenters. The van der Waals surface area contributed by atoms with Gasteiger partial charge in [0, 0.05) is 19.1 Å². The zero-order valence-corrected chi connectivity index (χ0v) is 17.5. The van der Waals surface area contributed by atoms with E-state index < -0.39 is 15.9 Å². The molecule has 0 unspecified atom stereocenters. The van der Waals surface area contributed by atoms with Crippen LogP contribution < -0.4 is 4.72 Å². The van der Waals surface area contributed by atoms with Gasteiger partial charge in [0.25, 0.3) is 5.91 Å². The number of nitrogens with zero attached hydrogens (tertiary/aromatic N) is 1. The highest BCUT2D eigenvalue weighted by Gasteiger charge is 2.22. The van der Waals surface area contributed by atoms with E-state index in [0.717, 1.165) is 5.56 Å². The first kappa shape index (κ1) is 22.4. The fourth-order valence-corrected chi connectivity index (χ4v) is 4.20. The van der Waals surface area contributed by atoms with E-state index in [-0.39, 0.29) is 34.7 Å². The van der Waals surface area contributed by atoms with Gasteiger partial charge in [-0.3, -0.25) is 4.79 Å². The van der Waals surface area contributed by atoms with Gasteiger partial charge in [0.05, 0.1) is 22.1 Å². The van der Waals surface area contributed by atoms with Gasteiger partial charge in [0.1, 0.15) is 0 Å². The first-order valence-electron chi connectivity index (χ1n) is 9.00. The van der Waals surface area contributed by atoms with E-state index in [0.29, 0.717) is 13.0 Å².